The normalized spacial score (nSPS) is 37.9. The first-order valence-corrected chi connectivity index (χ1v) is 6.74. The standard InChI is InChI=1S/C13H26N2O/c1-4-10(2)14-13(9-16)7-11(3)15(8-13)12-5-6-12/h10-12,14,16H,4-9H2,1-3H3. The molecule has 16 heavy (non-hydrogen) atoms. The van der Waals surface area contributed by atoms with E-state index in [9.17, 15) is 5.11 Å². The topological polar surface area (TPSA) is 35.5 Å². The first-order valence-electron chi connectivity index (χ1n) is 6.74. The van der Waals surface area contributed by atoms with E-state index in [0.717, 1.165) is 25.4 Å². The SMILES string of the molecule is CCC(C)NC1(CO)CC(C)N(C2CC2)C1. The van der Waals surface area contributed by atoms with E-state index in [0.29, 0.717) is 12.1 Å². The summed E-state index contributed by atoms with van der Waals surface area (Å²) in [5.74, 6) is 0. The van der Waals surface area contributed by atoms with E-state index in [4.69, 9.17) is 0 Å². The van der Waals surface area contributed by atoms with Crippen LogP contribution in [0.25, 0.3) is 0 Å². The van der Waals surface area contributed by atoms with Gasteiger partial charge in [0.25, 0.3) is 0 Å². The monoisotopic (exact) mass is 226 g/mol. The molecule has 0 bridgehead atoms. The lowest BCUT2D eigenvalue weighted by Crippen LogP contribution is -2.54. The van der Waals surface area contributed by atoms with E-state index in [1.54, 1.807) is 0 Å². The molecule has 0 aromatic heterocycles. The highest BCUT2D eigenvalue weighted by molar-refractivity contribution is 5.05. The number of hydrogen-bond donors (Lipinski definition) is 2. The summed E-state index contributed by atoms with van der Waals surface area (Å²) in [5, 5.41) is 13.4. The molecule has 3 unspecified atom stereocenters. The first kappa shape index (κ1) is 12.3. The van der Waals surface area contributed by atoms with Crippen molar-refractivity contribution in [3.63, 3.8) is 0 Å². The lowest BCUT2D eigenvalue weighted by atomic mass is 9.96. The van der Waals surface area contributed by atoms with Gasteiger partial charge in [0, 0.05) is 24.7 Å². The van der Waals surface area contributed by atoms with Crippen LogP contribution in [0.15, 0.2) is 0 Å². The maximum absolute atomic E-state index is 9.71. The van der Waals surface area contributed by atoms with Crippen LogP contribution in [0.2, 0.25) is 0 Å². The maximum Gasteiger partial charge on any atom is 0.0626 e. The van der Waals surface area contributed by atoms with E-state index in [-0.39, 0.29) is 12.1 Å². The summed E-state index contributed by atoms with van der Waals surface area (Å²) in [6.07, 6.45) is 4.92. The van der Waals surface area contributed by atoms with Crippen molar-refractivity contribution < 1.29 is 5.11 Å². The Morgan fingerprint density at radius 1 is 1.50 bits per heavy atom. The van der Waals surface area contributed by atoms with Crippen molar-refractivity contribution in [3.8, 4) is 0 Å². The van der Waals surface area contributed by atoms with Crippen LogP contribution in [0.5, 0.6) is 0 Å². The van der Waals surface area contributed by atoms with E-state index in [2.05, 4.69) is 31.0 Å². The minimum Gasteiger partial charge on any atom is -0.394 e. The van der Waals surface area contributed by atoms with Gasteiger partial charge >= 0.3 is 0 Å². The van der Waals surface area contributed by atoms with E-state index >= 15 is 0 Å². The van der Waals surface area contributed by atoms with Crippen LogP contribution in [0.4, 0.5) is 0 Å². The molecule has 1 saturated heterocycles. The average Bonchev–Trinajstić information content (AvgIpc) is 3.05. The van der Waals surface area contributed by atoms with Crippen LogP contribution in [0.1, 0.15) is 46.5 Å². The summed E-state index contributed by atoms with van der Waals surface area (Å²) < 4.78 is 0. The molecule has 3 nitrogen and oxygen atoms in total. The molecule has 1 aliphatic heterocycles. The second-order valence-corrected chi connectivity index (χ2v) is 5.85. The molecule has 1 saturated carbocycles. The number of nitrogens with zero attached hydrogens (tertiary/aromatic N) is 1. The average molecular weight is 226 g/mol. The zero-order valence-electron chi connectivity index (χ0n) is 10.9. The Morgan fingerprint density at radius 2 is 2.19 bits per heavy atom. The predicted octanol–water partition coefficient (Wildman–Crippen LogP) is 1.36. The third kappa shape index (κ3) is 2.41. The molecular weight excluding hydrogens is 200 g/mol. The van der Waals surface area contributed by atoms with Gasteiger partial charge in [-0.1, -0.05) is 6.92 Å². The second kappa shape index (κ2) is 4.63. The van der Waals surface area contributed by atoms with Crippen LogP contribution in [-0.4, -0.2) is 46.8 Å². The molecule has 1 aliphatic carbocycles. The van der Waals surface area contributed by atoms with Crippen molar-refractivity contribution in [2.24, 2.45) is 0 Å². The molecule has 2 N–H and O–H groups in total. The molecule has 0 amide bonds. The van der Waals surface area contributed by atoms with Gasteiger partial charge in [-0.2, -0.15) is 0 Å². The Balaban J connectivity index is 1.99. The summed E-state index contributed by atoms with van der Waals surface area (Å²) in [6.45, 7) is 8.00. The molecule has 0 spiro atoms. The summed E-state index contributed by atoms with van der Waals surface area (Å²) in [7, 11) is 0. The molecule has 2 aliphatic rings. The van der Waals surface area contributed by atoms with E-state index in [1.807, 2.05) is 0 Å². The fourth-order valence-electron chi connectivity index (χ4n) is 3.04. The number of rotatable bonds is 5. The Hall–Kier alpha value is -0.120. The minimum absolute atomic E-state index is 0.0442. The van der Waals surface area contributed by atoms with Crippen molar-refractivity contribution in [1.82, 2.24) is 10.2 Å². The molecule has 94 valence electrons. The summed E-state index contributed by atoms with van der Waals surface area (Å²) in [4.78, 5) is 2.59. The fourth-order valence-corrected chi connectivity index (χ4v) is 3.04. The van der Waals surface area contributed by atoms with Crippen molar-refractivity contribution in [2.45, 2.75) is 70.1 Å². The maximum atomic E-state index is 9.71. The quantitative estimate of drug-likeness (QED) is 0.743. The molecule has 2 fully saturated rings. The Labute approximate surface area is 99.2 Å². The van der Waals surface area contributed by atoms with Gasteiger partial charge < -0.3 is 10.4 Å². The molecule has 0 aromatic carbocycles. The second-order valence-electron chi connectivity index (χ2n) is 5.85. The molecule has 3 heteroatoms. The molecule has 1 heterocycles. The van der Waals surface area contributed by atoms with Crippen molar-refractivity contribution >= 4 is 0 Å². The summed E-state index contributed by atoms with van der Waals surface area (Å²) >= 11 is 0. The minimum atomic E-state index is -0.0442. The highest BCUT2D eigenvalue weighted by Gasteiger charge is 2.46. The number of likely N-dealkylation sites (tertiary alicyclic amines) is 1. The lowest BCUT2D eigenvalue weighted by molar-refractivity contribution is 0.147. The van der Waals surface area contributed by atoms with Crippen LogP contribution >= 0.6 is 0 Å². The van der Waals surface area contributed by atoms with Gasteiger partial charge in [0.1, 0.15) is 0 Å². The zero-order chi connectivity index (χ0) is 11.8. The van der Waals surface area contributed by atoms with Gasteiger partial charge in [0.2, 0.25) is 0 Å². The van der Waals surface area contributed by atoms with Gasteiger partial charge in [-0.05, 0) is 39.5 Å². The number of aliphatic hydroxyl groups excluding tert-OH is 1. The highest BCUT2D eigenvalue weighted by atomic mass is 16.3. The van der Waals surface area contributed by atoms with Crippen molar-refractivity contribution in [3.05, 3.63) is 0 Å². The van der Waals surface area contributed by atoms with Gasteiger partial charge in [0.05, 0.1) is 12.1 Å². The van der Waals surface area contributed by atoms with Gasteiger partial charge in [-0.25, -0.2) is 0 Å². The van der Waals surface area contributed by atoms with Crippen LogP contribution in [-0.2, 0) is 0 Å². The Kier molecular flexibility index (Phi) is 3.57. The summed E-state index contributed by atoms with van der Waals surface area (Å²) in [5.41, 5.74) is -0.0442. The first-order chi connectivity index (χ1) is 7.60. The fraction of sp³-hybridized carbons (Fsp3) is 1.00. The number of nitrogens with one attached hydrogen (secondary N) is 1. The molecular formula is C13H26N2O. The Bertz CT molecular complexity index is 242. The number of hydrogen-bond acceptors (Lipinski definition) is 3. The van der Waals surface area contributed by atoms with E-state index in [1.165, 1.54) is 12.8 Å². The highest BCUT2D eigenvalue weighted by Crippen LogP contribution is 2.37. The smallest absolute Gasteiger partial charge is 0.0626 e. The van der Waals surface area contributed by atoms with Crippen molar-refractivity contribution in [1.29, 1.82) is 0 Å². The largest absolute Gasteiger partial charge is 0.394 e. The van der Waals surface area contributed by atoms with Gasteiger partial charge in [-0.15, -0.1) is 0 Å². The molecule has 0 aromatic rings. The van der Waals surface area contributed by atoms with Crippen LogP contribution in [0, 0.1) is 0 Å². The molecule has 0 radical (unpaired) electrons. The van der Waals surface area contributed by atoms with Crippen molar-refractivity contribution in [2.75, 3.05) is 13.2 Å². The Morgan fingerprint density at radius 3 is 2.69 bits per heavy atom. The van der Waals surface area contributed by atoms with Gasteiger partial charge in [0.15, 0.2) is 0 Å². The van der Waals surface area contributed by atoms with Gasteiger partial charge in [-0.3, -0.25) is 4.90 Å². The third-order valence-corrected chi connectivity index (χ3v) is 4.22. The zero-order valence-corrected chi connectivity index (χ0v) is 10.9. The number of aliphatic hydroxyl groups is 1. The molecule has 2 rings (SSSR count). The third-order valence-electron chi connectivity index (χ3n) is 4.22. The lowest BCUT2D eigenvalue weighted by Gasteiger charge is -2.32. The predicted molar refractivity (Wildman–Crippen MR) is 66.5 cm³/mol. The van der Waals surface area contributed by atoms with E-state index < -0.39 is 0 Å². The van der Waals surface area contributed by atoms with Crippen LogP contribution < -0.4 is 5.32 Å². The summed E-state index contributed by atoms with van der Waals surface area (Å²) in [6, 6.07) is 1.93. The van der Waals surface area contributed by atoms with Crippen LogP contribution in [0.3, 0.4) is 0 Å². The molecule has 3 atom stereocenters.